The van der Waals surface area contributed by atoms with E-state index in [9.17, 15) is 9.59 Å². The Morgan fingerprint density at radius 1 is 1.00 bits per heavy atom. The smallest absolute Gasteiger partial charge is 0.321 e. The Balaban J connectivity index is 1.46. The van der Waals surface area contributed by atoms with Crippen molar-refractivity contribution in [3.8, 4) is 6.07 Å². The first-order chi connectivity index (χ1) is 14.0. The van der Waals surface area contributed by atoms with Crippen LogP contribution in [-0.4, -0.2) is 54.5 Å². The van der Waals surface area contributed by atoms with Gasteiger partial charge in [0.15, 0.2) is 0 Å². The lowest BCUT2D eigenvalue weighted by atomic mass is 10.1. The summed E-state index contributed by atoms with van der Waals surface area (Å²) in [5.41, 5.74) is 4.27. The third-order valence-electron chi connectivity index (χ3n) is 5.17. The molecule has 1 aliphatic heterocycles. The van der Waals surface area contributed by atoms with Gasteiger partial charge in [0.25, 0.3) is 0 Å². The van der Waals surface area contributed by atoms with E-state index < -0.39 is 0 Å². The Morgan fingerprint density at radius 2 is 1.69 bits per heavy atom. The first-order valence-corrected chi connectivity index (χ1v) is 9.61. The van der Waals surface area contributed by atoms with Gasteiger partial charge in [-0.15, -0.1) is 0 Å². The fourth-order valence-electron chi connectivity index (χ4n) is 3.22. The molecule has 0 spiro atoms. The van der Waals surface area contributed by atoms with Crippen LogP contribution in [0.2, 0.25) is 0 Å². The molecule has 1 fully saturated rings. The molecular formula is C22H25N5O2. The van der Waals surface area contributed by atoms with Crippen molar-refractivity contribution < 1.29 is 9.59 Å². The Kier molecular flexibility index (Phi) is 6.47. The average molecular weight is 391 g/mol. The number of carbonyl (C=O) groups is 2. The van der Waals surface area contributed by atoms with Crippen LogP contribution in [-0.2, 0) is 4.79 Å². The van der Waals surface area contributed by atoms with E-state index in [0.717, 1.165) is 16.8 Å². The number of hydrogen-bond donors (Lipinski definition) is 2. The Hall–Kier alpha value is -3.37. The van der Waals surface area contributed by atoms with Crippen LogP contribution in [0.25, 0.3) is 0 Å². The van der Waals surface area contributed by atoms with Crippen molar-refractivity contribution in [2.24, 2.45) is 0 Å². The Bertz CT molecular complexity index is 925. The molecule has 2 N–H and O–H groups in total. The topological polar surface area (TPSA) is 88.5 Å². The van der Waals surface area contributed by atoms with E-state index in [4.69, 9.17) is 5.26 Å². The monoisotopic (exact) mass is 391 g/mol. The van der Waals surface area contributed by atoms with E-state index in [0.29, 0.717) is 44.0 Å². The molecule has 2 aromatic rings. The number of piperazine rings is 1. The van der Waals surface area contributed by atoms with E-state index in [1.165, 1.54) is 0 Å². The summed E-state index contributed by atoms with van der Waals surface area (Å²) < 4.78 is 0. The second-order valence-corrected chi connectivity index (χ2v) is 7.18. The Morgan fingerprint density at radius 3 is 2.34 bits per heavy atom. The van der Waals surface area contributed by atoms with Crippen molar-refractivity contribution in [1.29, 1.82) is 5.26 Å². The highest BCUT2D eigenvalue weighted by Crippen LogP contribution is 2.18. The van der Waals surface area contributed by atoms with Gasteiger partial charge in [0.1, 0.15) is 0 Å². The maximum Gasteiger partial charge on any atom is 0.321 e. The summed E-state index contributed by atoms with van der Waals surface area (Å²) in [4.78, 5) is 28.6. The van der Waals surface area contributed by atoms with E-state index in [-0.39, 0.29) is 11.9 Å². The number of aryl methyl sites for hydroxylation is 1. The molecule has 3 rings (SSSR count). The molecule has 150 valence electrons. The lowest BCUT2D eigenvalue weighted by Crippen LogP contribution is -2.51. The van der Waals surface area contributed by atoms with Gasteiger partial charge in [-0.2, -0.15) is 5.26 Å². The van der Waals surface area contributed by atoms with E-state index >= 15 is 0 Å². The number of nitrogens with zero attached hydrogens (tertiary/aromatic N) is 3. The van der Waals surface area contributed by atoms with Crippen molar-refractivity contribution >= 4 is 23.3 Å². The van der Waals surface area contributed by atoms with E-state index in [1.54, 1.807) is 29.2 Å². The number of hydrogen-bond acceptors (Lipinski definition) is 4. The maximum absolute atomic E-state index is 12.4. The van der Waals surface area contributed by atoms with Crippen LogP contribution in [0.3, 0.4) is 0 Å². The lowest BCUT2D eigenvalue weighted by Gasteiger charge is -2.34. The molecule has 0 saturated carbocycles. The summed E-state index contributed by atoms with van der Waals surface area (Å²) in [6.45, 7) is 6.71. The third kappa shape index (κ3) is 5.33. The summed E-state index contributed by atoms with van der Waals surface area (Å²) >= 11 is 0. The zero-order valence-electron chi connectivity index (χ0n) is 16.7. The van der Waals surface area contributed by atoms with Crippen molar-refractivity contribution in [2.45, 2.75) is 13.8 Å². The van der Waals surface area contributed by atoms with Gasteiger partial charge in [-0.25, -0.2) is 4.79 Å². The second kappa shape index (κ2) is 9.22. The van der Waals surface area contributed by atoms with Gasteiger partial charge in [-0.3, -0.25) is 9.69 Å². The molecule has 7 nitrogen and oxygen atoms in total. The number of anilines is 2. The van der Waals surface area contributed by atoms with Gasteiger partial charge >= 0.3 is 6.03 Å². The molecule has 1 saturated heterocycles. The van der Waals surface area contributed by atoms with Crippen LogP contribution in [0.1, 0.15) is 16.7 Å². The van der Waals surface area contributed by atoms with Crippen molar-refractivity contribution in [3.05, 3.63) is 59.2 Å². The van der Waals surface area contributed by atoms with Gasteiger partial charge < -0.3 is 15.5 Å². The largest absolute Gasteiger partial charge is 0.325 e. The minimum atomic E-state index is -0.172. The van der Waals surface area contributed by atoms with E-state index in [2.05, 4.69) is 16.7 Å². The normalized spacial score (nSPS) is 14.2. The molecule has 2 aromatic carbocycles. The first kappa shape index (κ1) is 20.4. The van der Waals surface area contributed by atoms with Crippen LogP contribution < -0.4 is 10.6 Å². The van der Waals surface area contributed by atoms with E-state index in [1.807, 2.05) is 36.9 Å². The highest BCUT2D eigenvalue weighted by molar-refractivity contribution is 5.93. The van der Waals surface area contributed by atoms with Crippen molar-refractivity contribution in [3.63, 3.8) is 0 Å². The quantitative estimate of drug-likeness (QED) is 0.839. The summed E-state index contributed by atoms with van der Waals surface area (Å²) in [6.07, 6.45) is 0. The number of carbonyl (C=O) groups excluding carboxylic acids is 2. The van der Waals surface area contributed by atoms with Crippen molar-refractivity contribution in [2.75, 3.05) is 43.4 Å². The summed E-state index contributed by atoms with van der Waals surface area (Å²) in [7, 11) is 0. The fraction of sp³-hybridized carbons (Fsp3) is 0.318. The summed E-state index contributed by atoms with van der Waals surface area (Å²) in [6, 6.07) is 14.5. The predicted octanol–water partition coefficient (Wildman–Crippen LogP) is 2.96. The summed E-state index contributed by atoms with van der Waals surface area (Å²) in [5.74, 6) is -0.0471. The molecular weight excluding hydrogens is 366 g/mol. The SMILES string of the molecule is Cc1cccc(NC(=O)CN2CCN(C(=O)Nc3ccc(C#N)cc3)CC2)c1C. The lowest BCUT2D eigenvalue weighted by molar-refractivity contribution is -0.117. The molecule has 0 atom stereocenters. The zero-order chi connectivity index (χ0) is 20.8. The Labute approximate surface area is 170 Å². The average Bonchev–Trinajstić information content (AvgIpc) is 2.72. The number of amides is 3. The number of rotatable bonds is 4. The molecule has 7 heteroatoms. The second-order valence-electron chi connectivity index (χ2n) is 7.18. The zero-order valence-corrected chi connectivity index (χ0v) is 16.7. The molecule has 1 heterocycles. The molecule has 0 radical (unpaired) electrons. The number of urea groups is 1. The number of nitriles is 1. The highest BCUT2D eigenvalue weighted by Gasteiger charge is 2.22. The molecule has 29 heavy (non-hydrogen) atoms. The molecule has 0 bridgehead atoms. The van der Waals surface area contributed by atoms with Crippen LogP contribution >= 0.6 is 0 Å². The maximum atomic E-state index is 12.4. The molecule has 0 aromatic heterocycles. The minimum absolute atomic E-state index is 0.0471. The van der Waals surface area contributed by atoms with Crippen LogP contribution in [0, 0.1) is 25.2 Å². The molecule has 0 aliphatic carbocycles. The third-order valence-corrected chi connectivity index (χ3v) is 5.17. The van der Waals surface area contributed by atoms with Gasteiger partial charge in [-0.05, 0) is 55.3 Å². The van der Waals surface area contributed by atoms with Crippen molar-refractivity contribution in [1.82, 2.24) is 9.80 Å². The van der Waals surface area contributed by atoms with Gasteiger partial charge in [0, 0.05) is 37.6 Å². The molecule has 3 amide bonds. The van der Waals surface area contributed by atoms with Gasteiger partial charge in [0.05, 0.1) is 18.2 Å². The fourth-order valence-corrected chi connectivity index (χ4v) is 3.22. The van der Waals surface area contributed by atoms with Gasteiger partial charge in [-0.1, -0.05) is 12.1 Å². The first-order valence-electron chi connectivity index (χ1n) is 9.61. The van der Waals surface area contributed by atoms with Gasteiger partial charge in [0.2, 0.25) is 5.91 Å². The van der Waals surface area contributed by atoms with Crippen LogP contribution in [0.4, 0.5) is 16.2 Å². The standard InChI is InChI=1S/C22H25N5O2/c1-16-4-3-5-20(17(16)2)25-21(28)15-26-10-12-27(13-11-26)22(29)24-19-8-6-18(14-23)7-9-19/h3-9H,10-13,15H2,1-2H3,(H,24,29)(H,25,28). The number of benzene rings is 2. The number of nitrogens with one attached hydrogen (secondary N) is 2. The minimum Gasteiger partial charge on any atom is -0.325 e. The van der Waals surface area contributed by atoms with Crippen LogP contribution in [0.15, 0.2) is 42.5 Å². The predicted molar refractivity (Wildman–Crippen MR) is 113 cm³/mol. The highest BCUT2D eigenvalue weighted by atomic mass is 16.2. The summed E-state index contributed by atoms with van der Waals surface area (Å²) in [5, 5.41) is 14.7. The van der Waals surface area contributed by atoms with Crippen LogP contribution in [0.5, 0.6) is 0 Å². The molecule has 1 aliphatic rings. The molecule has 0 unspecified atom stereocenters.